The molecule has 0 aliphatic carbocycles. The number of hydrogen-bond acceptors (Lipinski definition) is 1. The topological polar surface area (TPSA) is 12.0 Å². The van der Waals surface area contributed by atoms with Crippen LogP contribution in [0.1, 0.15) is 5.56 Å². The maximum absolute atomic E-state index is 13.6. The highest BCUT2D eigenvalue weighted by Gasteiger charge is 2.36. The number of benzene rings is 1. The Morgan fingerprint density at radius 3 is 2.64 bits per heavy atom. The molecular formula is C10H10ClF2N. The monoisotopic (exact) mass is 217 g/mol. The van der Waals surface area contributed by atoms with Crippen LogP contribution in [0.15, 0.2) is 18.2 Å². The molecule has 1 N–H and O–H groups in total. The number of hydrogen-bond donors (Lipinski definition) is 1. The second-order valence-corrected chi connectivity index (χ2v) is 4.09. The van der Waals surface area contributed by atoms with Gasteiger partial charge >= 0.3 is 0 Å². The smallest absolute Gasteiger partial charge is 0.142 e. The van der Waals surface area contributed by atoms with E-state index < -0.39 is 11.5 Å². The predicted octanol–water partition coefficient (Wildman–Crippen LogP) is 2.33. The molecule has 0 radical (unpaired) electrons. The normalized spacial score (nSPS) is 19.1. The van der Waals surface area contributed by atoms with E-state index in [1.165, 1.54) is 12.1 Å². The van der Waals surface area contributed by atoms with Crippen LogP contribution in [0.4, 0.5) is 8.78 Å². The lowest BCUT2D eigenvalue weighted by atomic mass is 9.91. The average molecular weight is 218 g/mol. The second-order valence-electron chi connectivity index (χ2n) is 3.68. The van der Waals surface area contributed by atoms with Gasteiger partial charge in [0, 0.05) is 19.5 Å². The van der Waals surface area contributed by atoms with Crippen molar-refractivity contribution in [3.8, 4) is 0 Å². The van der Waals surface area contributed by atoms with Crippen molar-refractivity contribution in [2.75, 3.05) is 13.1 Å². The van der Waals surface area contributed by atoms with Crippen LogP contribution >= 0.6 is 11.6 Å². The largest absolute Gasteiger partial charge is 0.310 e. The first kappa shape index (κ1) is 9.87. The third-order valence-electron chi connectivity index (χ3n) is 2.39. The first-order chi connectivity index (χ1) is 6.59. The molecule has 14 heavy (non-hydrogen) atoms. The molecule has 1 heterocycles. The summed E-state index contributed by atoms with van der Waals surface area (Å²) < 4.78 is 26.6. The summed E-state index contributed by atoms with van der Waals surface area (Å²) >= 11 is 5.52. The SMILES string of the molecule is Fc1cc(CC2(F)CNC2)ccc1Cl. The Hall–Kier alpha value is -0.670. The van der Waals surface area contributed by atoms with Crippen molar-refractivity contribution in [3.63, 3.8) is 0 Å². The van der Waals surface area contributed by atoms with Crippen LogP contribution in [-0.4, -0.2) is 18.8 Å². The number of halogens is 3. The van der Waals surface area contributed by atoms with Crippen LogP contribution in [0, 0.1) is 5.82 Å². The first-order valence-electron chi connectivity index (χ1n) is 4.43. The Balaban J connectivity index is 2.13. The van der Waals surface area contributed by atoms with Crippen LogP contribution in [0.2, 0.25) is 5.02 Å². The highest BCUT2D eigenvalue weighted by atomic mass is 35.5. The molecule has 1 saturated heterocycles. The molecule has 76 valence electrons. The van der Waals surface area contributed by atoms with Gasteiger partial charge in [-0.3, -0.25) is 0 Å². The molecule has 1 aromatic rings. The summed E-state index contributed by atoms with van der Waals surface area (Å²) in [5.41, 5.74) is -0.559. The Morgan fingerprint density at radius 1 is 1.43 bits per heavy atom. The van der Waals surface area contributed by atoms with Crippen LogP contribution in [0.25, 0.3) is 0 Å². The van der Waals surface area contributed by atoms with Gasteiger partial charge in [0.25, 0.3) is 0 Å². The molecule has 0 saturated carbocycles. The lowest BCUT2D eigenvalue weighted by molar-refractivity contribution is 0.0911. The standard InChI is InChI=1S/C10H10ClF2N/c11-8-2-1-7(3-9(8)12)4-10(13)5-14-6-10/h1-3,14H,4-6H2. The zero-order valence-electron chi connectivity index (χ0n) is 7.49. The minimum absolute atomic E-state index is 0.0772. The number of nitrogens with one attached hydrogen (secondary N) is 1. The molecule has 1 aliphatic rings. The summed E-state index contributed by atoms with van der Waals surface area (Å²) in [5, 5.41) is 2.93. The van der Waals surface area contributed by atoms with Gasteiger partial charge in [0.05, 0.1) is 5.02 Å². The number of alkyl halides is 1. The molecule has 0 spiro atoms. The molecular weight excluding hydrogens is 208 g/mol. The Morgan fingerprint density at radius 2 is 2.14 bits per heavy atom. The molecule has 1 aliphatic heterocycles. The van der Waals surface area contributed by atoms with E-state index in [1.807, 2.05) is 0 Å². The van der Waals surface area contributed by atoms with E-state index in [0.29, 0.717) is 18.7 Å². The zero-order valence-corrected chi connectivity index (χ0v) is 8.24. The Labute approximate surface area is 86.1 Å². The van der Waals surface area contributed by atoms with Crippen molar-refractivity contribution in [1.29, 1.82) is 0 Å². The fourth-order valence-electron chi connectivity index (χ4n) is 1.54. The minimum Gasteiger partial charge on any atom is -0.310 e. The summed E-state index contributed by atoms with van der Waals surface area (Å²) in [6, 6.07) is 4.41. The van der Waals surface area contributed by atoms with Crippen LogP contribution in [-0.2, 0) is 6.42 Å². The molecule has 0 atom stereocenters. The summed E-state index contributed by atoms with van der Waals surface area (Å²) in [6.07, 6.45) is 0.244. The van der Waals surface area contributed by atoms with E-state index in [4.69, 9.17) is 11.6 Å². The summed E-state index contributed by atoms with van der Waals surface area (Å²) in [6.45, 7) is 0.689. The van der Waals surface area contributed by atoms with E-state index in [1.54, 1.807) is 6.07 Å². The quantitative estimate of drug-likeness (QED) is 0.802. The first-order valence-corrected chi connectivity index (χ1v) is 4.80. The predicted molar refractivity (Wildman–Crippen MR) is 51.8 cm³/mol. The molecule has 1 nitrogen and oxygen atoms in total. The molecule has 1 aromatic carbocycles. The van der Waals surface area contributed by atoms with Gasteiger partial charge < -0.3 is 5.32 Å². The van der Waals surface area contributed by atoms with E-state index in [9.17, 15) is 8.78 Å². The molecule has 0 bridgehead atoms. The van der Waals surface area contributed by atoms with E-state index in [0.717, 1.165) is 0 Å². The van der Waals surface area contributed by atoms with Gasteiger partial charge in [-0.15, -0.1) is 0 Å². The molecule has 2 rings (SSSR count). The minimum atomic E-state index is -1.21. The molecule has 4 heteroatoms. The van der Waals surface area contributed by atoms with Crippen molar-refractivity contribution in [1.82, 2.24) is 5.32 Å². The molecule has 1 fully saturated rings. The maximum atomic E-state index is 13.6. The van der Waals surface area contributed by atoms with Gasteiger partial charge in [0.1, 0.15) is 11.5 Å². The highest BCUT2D eigenvalue weighted by Crippen LogP contribution is 2.24. The van der Waals surface area contributed by atoms with E-state index in [-0.39, 0.29) is 11.4 Å². The van der Waals surface area contributed by atoms with Crippen molar-refractivity contribution in [2.24, 2.45) is 0 Å². The summed E-state index contributed by atoms with van der Waals surface area (Å²) in [7, 11) is 0. The van der Waals surface area contributed by atoms with E-state index in [2.05, 4.69) is 5.32 Å². The third kappa shape index (κ3) is 1.88. The fraction of sp³-hybridized carbons (Fsp3) is 0.400. The van der Waals surface area contributed by atoms with Crippen molar-refractivity contribution in [3.05, 3.63) is 34.6 Å². The molecule has 0 unspecified atom stereocenters. The van der Waals surface area contributed by atoms with Gasteiger partial charge in [0.2, 0.25) is 0 Å². The highest BCUT2D eigenvalue weighted by molar-refractivity contribution is 6.30. The van der Waals surface area contributed by atoms with Gasteiger partial charge in [0.15, 0.2) is 0 Å². The van der Waals surface area contributed by atoms with Crippen LogP contribution in [0.3, 0.4) is 0 Å². The summed E-state index contributed by atoms with van der Waals surface area (Å²) in [4.78, 5) is 0. The second kappa shape index (κ2) is 3.48. The van der Waals surface area contributed by atoms with Gasteiger partial charge in [-0.05, 0) is 17.7 Å². The zero-order chi connectivity index (χ0) is 10.2. The lowest BCUT2D eigenvalue weighted by Gasteiger charge is -2.35. The molecule has 0 aromatic heterocycles. The Bertz CT molecular complexity index is 350. The maximum Gasteiger partial charge on any atom is 0.142 e. The third-order valence-corrected chi connectivity index (χ3v) is 2.70. The van der Waals surface area contributed by atoms with Crippen LogP contribution in [0.5, 0.6) is 0 Å². The fourth-order valence-corrected chi connectivity index (χ4v) is 1.65. The lowest BCUT2D eigenvalue weighted by Crippen LogP contribution is -2.57. The summed E-state index contributed by atoms with van der Waals surface area (Å²) in [5.74, 6) is -0.486. The van der Waals surface area contributed by atoms with Gasteiger partial charge in [-0.25, -0.2) is 8.78 Å². The Kier molecular flexibility index (Phi) is 2.45. The van der Waals surface area contributed by atoms with Crippen LogP contribution < -0.4 is 5.32 Å². The van der Waals surface area contributed by atoms with Crippen molar-refractivity contribution in [2.45, 2.75) is 12.1 Å². The van der Waals surface area contributed by atoms with E-state index >= 15 is 0 Å². The number of rotatable bonds is 2. The van der Waals surface area contributed by atoms with Crippen molar-refractivity contribution < 1.29 is 8.78 Å². The van der Waals surface area contributed by atoms with Gasteiger partial charge in [-0.2, -0.15) is 0 Å². The van der Waals surface area contributed by atoms with Crippen molar-refractivity contribution >= 4 is 11.6 Å². The average Bonchev–Trinajstić information content (AvgIpc) is 2.09. The van der Waals surface area contributed by atoms with Gasteiger partial charge in [-0.1, -0.05) is 17.7 Å². The molecule has 0 amide bonds.